The molecule has 5 nitrogen and oxygen atoms in total. The van der Waals surface area contributed by atoms with Crippen LogP contribution in [-0.4, -0.2) is 34.9 Å². The van der Waals surface area contributed by atoms with Crippen LogP contribution in [0.2, 0.25) is 0 Å². The van der Waals surface area contributed by atoms with Crippen LogP contribution in [0.15, 0.2) is 53.5 Å². The van der Waals surface area contributed by atoms with Crippen molar-refractivity contribution < 1.29 is 14.6 Å². The van der Waals surface area contributed by atoms with Crippen LogP contribution in [-0.2, 0) is 0 Å². The van der Waals surface area contributed by atoms with E-state index >= 15 is 0 Å². The molecule has 0 fully saturated rings. The Labute approximate surface area is 150 Å². The van der Waals surface area contributed by atoms with Crippen LogP contribution >= 0.6 is 12.2 Å². The number of aliphatic hydroxyl groups is 1. The number of benzene rings is 2. The maximum atomic E-state index is 12.9. The molecule has 2 aromatic carbocycles. The zero-order chi connectivity index (χ0) is 17.4. The lowest BCUT2D eigenvalue weighted by atomic mass is 9.87. The largest absolute Gasteiger partial charge is 0.491 e. The van der Waals surface area contributed by atoms with Gasteiger partial charge in [-0.2, -0.15) is 0 Å². The minimum absolute atomic E-state index is 0.0519. The van der Waals surface area contributed by atoms with Crippen LogP contribution in [0.25, 0.3) is 0 Å². The van der Waals surface area contributed by atoms with Gasteiger partial charge >= 0.3 is 0 Å². The lowest BCUT2D eigenvalue weighted by molar-refractivity contribution is 0.0944. The van der Waals surface area contributed by atoms with Gasteiger partial charge in [0, 0.05) is 11.1 Å². The number of nitrogens with one attached hydrogen (secondary N) is 1. The Morgan fingerprint density at radius 1 is 1.16 bits per heavy atom. The van der Waals surface area contributed by atoms with Gasteiger partial charge in [0.25, 0.3) is 0 Å². The molecule has 1 aliphatic carbocycles. The van der Waals surface area contributed by atoms with E-state index in [-0.39, 0.29) is 25.0 Å². The minimum Gasteiger partial charge on any atom is -0.491 e. The molecule has 4 rings (SSSR count). The summed E-state index contributed by atoms with van der Waals surface area (Å²) >= 11 is 5.30. The van der Waals surface area contributed by atoms with Gasteiger partial charge < -0.3 is 15.2 Å². The molecule has 0 aromatic heterocycles. The highest BCUT2D eigenvalue weighted by molar-refractivity contribution is 7.80. The number of aliphatic hydroxyl groups excluding tert-OH is 1. The smallest absolute Gasteiger partial charge is 0.193 e. The lowest BCUT2D eigenvalue weighted by Crippen LogP contribution is -2.41. The van der Waals surface area contributed by atoms with Gasteiger partial charge in [0.05, 0.1) is 24.3 Å². The molecule has 0 radical (unpaired) electrons. The van der Waals surface area contributed by atoms with E-state index in [9.17, 15) is 4.79 Å². The number of aliphatic imine (C=N–C) groups is 1. The summed E-state index contributed by atoms with van der Waals surface area (Å²) in [4.78, 5) is 17.4. The average molecular weight is 352 g/mol. The highest BCUT2D eigenvalue weighted by Crippen LogP contribution is 2.38. The van der Waals surface area contributed by atoms with Crippen molar-refractivity contribution in [2.45, 2.75) is 6.04 Å². The molecule has 2 aliphatic rings. The van der Waals surface area contributed by atoms with Crippen LogP contribution in [0, 0.1) is 5.92 Å². The Morgan fingerprint density at radius 2 is 1.96 bits per heavy atom. The number of nitrogens with zero attached hydrogens (tertiary/aromatic N) is 1. The summed E-state index contributed by atoms with van der Waals surface area (Å²) in [5.41, 5.74) is 3.18. The third-order valence-electron chi connectivity index (χ3n) is 4.46. The fraction of sp³-hybridized carbons (Fsp3) is 0.211. The molecule has 6 heteroatoms. The first-order chi connectivity index (χ1) is 12.2. The number of carbonyl (C=O) groups excluding carboxylic acids is 1. The zero-order valence-corrected chi connectivity index (χ0v) is 14.1. The Hall–Kier alpha value is -2.57. The average Bonchev–Trinajstić information content (AvgIpc) is 2.92. The topological polar surface area (TPSA) is 70.9 Å². The van der Waals surface area contributed by atoms with Gasteiger partial charge in [0.1, 0.15) is 12.4 Å². The lowest BCUT2D eigenvalue weighted by Gasteiger charge is -2.29. The summed E-state index contributed by atoms with van der Waals surface area (Å²) in [5, 5.41) is 12.5. The van der Waals surface area contributed by atoms with Crippen molar-refractivity contribution in [2.24, 2.45) is 10.9 Å². The van der Waals surface area contributed by atoms with Crippen molar-refractivity contribution in [3.8, 4) is 5.75 Å². The van der Waals surface area contributed by atoms with Gasteiger partial charge in [0.15, 0.2) is 10.9 Å². The van der Waals surface area contributed by atoms with Crippen LogP contribution in [0.1, 0.15) is 27.5 Å². The molecule has 0 spiro atoms. The van der Waals surface area contributed by atoms with Crippen molar-refractivity contribution in [3.63, 3.8) is 0 Å². The Bertz CT molecular complexity index is 894. The number of fused-ring (bicyclic) bond motifs is 3. The van der Waals surface area contributed by atoms with Gasteiger partial charge in [0.2, 0.25) is 0 Å². The number of thiocarbonyl (C=S) groups is 1. The van der Waals surface area contributed by atoms with Gasteiger partial charge in [-0.05, 0) is 29.9 Å². The van der Waals surface area contributed by atoms with E-state index in [1.807, 2.05) is 48.5 Å². The predicted octanol–water partition coefficient (Wildman–Crippen LogP) is 2.29. The summed E-state index contributed by atoms with van der Waals surface area (Å²) < 4.78 is 5.49. The van der Waals surface area contributed by atoms with Crippen LogP contribution in [0.4, 0.5) is 0 Å². The Balaban J connectivity index is 1.74. The first-order valence-electron chi connectivity index (χ1n) is 8.05. The number of rotatable bonds is 4. The molecule has 2 aromatic rings. The fourth-order valence-electron chi connectivity index (χ4n) is 3.41. The van der Waals surface area contributed by atoms with E-state index in [1.54, 1.807) is 0 Å². The second kappa shape index (κ2) is 6.38. The van der Waals surface area contributed by atoms with E-state index < -0.39 is 5.92 Å². The van der Waals surface area contributed by atoms with Gasteiger partial charge in [-0.15, -0.1) is 0 Å². The van der Waals surface area contributed by atoms with Gasteiger partial charge in [-0.3, -0.25) is 4.79 Å². The predicted molar refractivity (Wildman–Crippen MR) is 98.3 cm³/mol. The van der Waals surface area contributed by atoms with Gasteiger partial charge in [-0.1, -0.05) is 36.4 Å². The molecule has 0 saturated carbocycles. The van der Waals surface area contributed by atoms with Crippen LogP contribution in [0.3, 0.4) is 0 Å². The highest BCUT2D eigenvalue weighted by Gasteiger charge is 2.44. The monoisotopic (exact) mass is 352 g/mol. The molecule has 0 saturated heterocycles. The maximum absolute atomic E-state index is 12.9. The van der Waals surface area contributed by atoms with Crippen LogP contribution in [0.5, 0.6) is 5.75 Å². The molecule has 2 N–H and O–H groups in total. The fourth-order valence-corrected chi connectivity index (χ4v) is 3.64. The SMILES string of the molecule is O=C1c2ccccc2C2=NC(=S)NC(c3cccc(OCCO)c3)C12. The van der Waals surface area contributed by atoms with Crippen molar-refractivity contribution >= 4 is 28.8 Å². The summed E-state index contributed by atoms with van der Waals surface area (Å²) in [5.74, 6) is 0.291. The second-order valence-corrected chi connectivity index (χ2v) is 6.34. The third-order valence-corrected chi connectivity index (χ3v) is 4.67. The molecule has 0 bridgehead atoms. The maximum Gasteiger partial charge on any atom is 0.193 e. The quantitative estimate of drug-likeness (QED) is 0.826. The number of hydrogen-bond acceptors (Lipinski definition) is 4. The zero-order valence-electron chi connectivity index (χ0n) is 13.3. The van der Waals surface area contributed by atoms with Crippen LogP contribution < -0.4 is 10.1 Å². The Kier molecular flexibility index (Phi) is 4.07. The molecule has 0 amide bonds. The molecule has 2 unspecified atom stereocenters. The standard InChI is InChI=1S/C19H16N2O3S/c22-8-9-24-12-5-3-4-11(10-12)16-15-17(21-19(25)20-16)13-6-1-2-7-14(13)18(15)23/h1-7,10,15-16,22H,8-9H2,(H,20,25). The van der Waals surface area contributed by atoms with E-state index in [0.717, 1.165) is 16.8 Å². The van der Waals surface area contributed by atoms with E-state index in [2.05, 4.69) is 10.3 Å². The number of hydrogen-bond donors (Lipinski definition) is 2. The Morgan fingerprint density at radius 3 is 2.76 bits per heavy atom. The summed E-state index contributed by atoms with van der Waals surface area (Å²) in [6.45, 7) is 0.170. The molecule has 1 heterocycles. The summed E-state index contributed by atoms with van der Waals surface area (Å²) in [6, 6.07) is 14.7. The van der Waals surface area contributed by atoms with E-state index in [4.69, 9.17) is 22.1 Å². The van der Waals surface area contributed by atoms with Crippen molar-refractivity contribution in [1.29, 1.82) is 0 Å². The summed E-state index contributed by atoms with van der Waals surface area (Å²) in [7, 11) is 0. The first kappa shape index (κ1) is 15.9. The van der Waals surface area contributed by atoms with E-state index in [1.165, 1.54) is 0 Å². The first-order valence-corrected chi connectivity index (χ1v) is 8.46. The number of carbonyl (C=O) groups is 1. The molecule has 25 heavy (non-hydrogen) atoms. The molecular weight excluding hydrogens is 336 g/mol. The molecule has 126 valence electrons. The van der Waals surface area contributed by atoms with Gasteiger partial charge in [-0.25, -0.2) is 4.99 Å². The number of ether oxygens (including phenoxy) is 1. The number of ketones is 1. The summed E-state index contributed by atoms with van der Waals surface area (Å²) in [6.07, 6.45) is 0. The molecule has 2 atom stereocenters. The molecular formula is C19H16N2O3S. The van der Waals surface area contributed by atoms with Crippen molar-refractivity contribution in [1.82, 2.24) is 5.32 Å². The third kappa shape index (κ3) is 2.73. The van der Waals surface area contributed by atoms with Crippen molar-refractivity contribution in [2.75, 3.05) is 13.2 Å². The van der Waals surface area contributed by atoms with Crippen molar-refractivity contribution in [3.05, 3.63) is 65.2 Å². The minimum atomic E-state index is -0.405. The highest BCUT2D eigenvalue weighted by atomic mass is 32.1. The molecule has 1 aliphatic heterocycles. The number of Topliss-reactive ketones (excluding diaryl/α,β-unsaturated/α-hetero) is 1. The van der Waals surface area contributed by atoms with E-state index in [0.29, 0.717) is 16.4 Å². The second-order valence-electron chi connectivity index (χ2n) is 5.96. The normalized spacial score (nSPS) is 21.2.